The molecule has 1 aromatic rings. The SMILES string of the molecule is CC(C)(C)OC(=O)N[C@@H]1CN(S(=O)(=O)c2ccc(Br)cc2)C[C@@H]1F. The van der Waals surface area contributed by atoms with Gasteiger partial charge >= 0.3 is 6.09 Å². The van der Waals surface area contributed by atoms with Crippen molar-refractivity contribution in [3.63, 3.8) is 0 Å². The summed E-state index contributed by atoms with van der Waals surface area (Å²) < 4.78 is 46.1. The van der Waals surface area contributed by atoms with E-state index in [0.29, 0.717) is 0 Å². The third-order valence-corrected chi connectivity index (χ3v) is 5.74. The first-order valence-corrected chi connectivity index (χ1v) is 9.61. The molecule has 1 fully saturated rings. The van der Waals surface area contributed by atoms with E-state index in [-0.39, 0.29) is 18.0 Å². The third-order valence-electron chi connectivity index (χ3n) is 3.37. The number of alkyl halides is 1. The monoisotopic (exact) mass is 422 g/mol. The lowest BCUT2D eigenvalue weighted by atomic mass is 10.2. The van der Waals surface area contributed by atoms with Gasteiger partial charge in [0.25, 0.3) is 0 Å². The predicted octanol–water partition coefficient (Wildman–Crippen LogP) is 2.68. The number of sulfonamides is 1. The Kier molecular flexibility index (Phi) is 5.56. The number of amides is 1. The number of hydrogen-bond donors (Lipinski definition) is 1. The number of nitrogens with zero attached hydrogens (tertiary/aromatic N) is 1. The molecule has 24 heavy (non-hydrogen) atoms. The average molecular weight is 423 g/mol. The van der Waals surface area contributed by atoms with Crippen LogP contribution < -0.4 is 5.32 Å². The highest BCUT2D eigenvalue weighted by atomic mass is 79.9. The lowest BCUT2D eigenvalue weighted by molar-refractivity contribution is 0.0489. The molecule has 0 aliphatic carbocycles. The largest absolute Gasteiger partial charge is 0.444 e. The van der Waals surface area contributed by atoms with E-state index in [0.717, 1.165) is 8.78 Å². The molecule has 1 amide bonds. The second kappa shape index (κ2) is 6.97. The van der Waals surface area contributed by atoms with Gasteiger partial charge in [0.15, 0.2) is 0 Å². The number of benzene rings is 1. The van der Waals surface area contributed by atoms with E-state index < -0.39 is 33.9 Å². The number of carbonyl (C=O) groups excluding carboxylic acids is 1. The highest BCUT2D eigenvalue weighted by Crippen LogP contribution is 2.24. The summed E-state index contributed by atoms with van der Waals surface area (Å²) in [5.41, 5.74) is -0.711. The molecule has 2 rings (SSSR count). The molecular formula is C15H20BrFN2O4S. The van der Waals surface area contributed by atoms with Crippen LogP contribution in [0.4, 0.5) is 9.18 Å². The van der Waals surface area contributed by atoms with Crippen molar-refractivity contribution in [2.45, 2.75) is 43.5 Å². The normalized spacial score (nSPS) is 22.4. The number of alkyl carbamates (subject to hydrolysis) is 1. The van der Waals surface area contributed by atoms with Crippen LogP contribution in [-0.4, -0.2) is 49.7 Å². The molecule has 0 saturated carbocycles. The van der Waals surface area contributed by atoms with Gasteiger partial charge in [-0.3, -0.25) is 0 Å². The van der Waals surface area contributed by atoms with Crippen molar-refractivity contribution >= 4 is 32.0 Å². The number of halogens is 2. The molecule has 1 aromatic carbocycles. The standard InChI is InChI=1S/C15H20BrFN2O4S/c1-15(2,3)23-14(20)18-13-9-19(8-12(13)17)24(21,22)11-6-4-10(16)5-7-11/h4-7,12-13H,8-9H2,1-3H3,(H,18,20)/t12-,13+/m0/s1. The van der Waals surface area contributed by atoms with Crippen LogP contribution in [0, 0.1) is 0 Å². The van der Waals surface area contributed by atoms with Gasteiger partial charge < -0.3 is 10.1 Å². The molecule has 134 valence electrons. The van der Waals surface area contributed by atoms with Gasteiger partial charge in [-0.05, 0) is 45.0 Å². The Labute approximate surface area is 149 Å². The Morgan fingerprint density at radius 1 is 1.29 bits per heavy atom. The van der Waals surface area contributed by atoms with Gasteiger partial charge in [-0.25, -0.2) is 17.6 Å². The second-order valence-corrected chi connectivity index (χ2v) is 9.40. The fourth-order valence-electron chi connectivity index (χ4n) is 2.28. The first-order valence-electron chi connectivity index (χ1n) is 7.38. The summed E-state index contributed by atoms with van der Waals surface area (Å²) in [5.74, 6) is 0. The molecular weight excluding hydrogens is 403 g/mol. The van der Waals surface area contributed by atoms with Crippen LogP contribution in [0.1, 0.15) is 20.8 Å². The highest BCUT2D eigenvalue weighted by molar-refractivity contribution is 9.10. The van der Waals surface area contributed by atoms with E-state index in [1.165, 1.54) is 12.1 Å². The molecule has 0 spiro atoms. The van der Waals surface area contributed by atoms with E-state index in [4.69, 9.17) is 4.74 Å². The van der Waals surface area contributed by atoms with Gasteiger partial charge in [0, 0.05) is 17.6 Å². The Bertz CT molecular complexity index is 703. The predicted molar refractivity (Wildman–Crippen MR) is 91.0 cm³/mol. The first-order chi connectivity index (χ1) is 11.0. The van der Waals surface area contributed by atoms with Gasteiger partial charge in [-0.1, -0.05) is 15.9 Å². The van der Waals surface area contributed by atoms with Crippen LogP contribution >= 0.6 is 15.9 Å². The smallest absolute Gasteiger partial charge is 0.408 e. The topological polar surface area (TPSA) is 75.7 Å². The zero-order valence-corrected chi connectivity index (χ0v) is 16.0. The Morgan fingerprint density at radius 2 is 1.88 bits per heavy atom. The Hall–Kier alpha value is -1.19. The Morgan fingerprint density at radius 3 is 2.42 bits per heavy atom. The van der Waals surface area contributed by atoms with Crippen molar-refractivity contribution in [2.75, 3.05) is 13.1 Å². The van der Waals surface area contributed by atoms with Gasteiger partial charge in [0.05, 0.1) is 10.9 Å². The summed E-state index contributed by atoms with van der Waals surface area (Å²) in [6.07, 6.45) is -2.26. The number of nitrogens with one attached hydrogen (secondary N) is 1. The number of ether oxygens (including phenoxy) is 1. The van der Waals surface area contributed by atoms with E-state index >= 15 is 0 Å². The molecule has 6 nitrogen and oxygen atoms in total. The van der Waals surface area contributed by atoms with Crippen molar-refractivity contribution in [3.05, 3.63) is 28.7 Å². The minimum absolute atomic E-state index is 0.0795. The number of rotatable bonds is 3. The van der Waals surface area contributed by atoms with E-state index in [1.807, 2.05) is 0 Å². The lowest BCUT2D eigenvalue weighted by Crippen LogP contribution is -2.44. The van der Waals surface area contributed by atoms with E-state index in [1.54, 1.807) is 32.9 Å². The van der Waals surface area contributed by atoms with Crippen LogP contribution in [0.2, 0.25) is 0 Å². The molecule has 9 heteroatoms. The fraction of sp³-hybridized carbons (Fsp3) is 0.533. The van der Waals surface area contributed by atoms with Crippen LogP contribution in [0.25, 0.3) is 0 Å². The zero-order valence-electron chi connectivity index (χ0n) is 13.6. The van der Waals surface area contributed by atoms with Crippen molar-refractivity contribution in [3.8, 4) is 0 Å². The first kappa shape index (κ1) is 19.1. The summed E-state index contributed by atoms with van der Waals surface area (Å²) in [4.78, 5) is 11.8. The molecule has 1 saturated heterocycles. The number of carbonyl (C=O) groups is 1. The summed E-state index contributed by atoms with van der Waals surface area (Å²) in [6.45, 7) is 4.63. The zero-order chi connectivity index (χ0) is 18.1. The lowest BCUT2D eigenvalue weighted by Gasteiger charge is -2.22. The van der Waals surface area contributed by atoms with Crippen molar-refractivity contribution in [1.82, 2.24) is 9.62 Å². The maximum absolute atomic E-state index is 14.2. The minimum atomic E-state index is -3.81. The van der Waals surface area contributed by atoms with Gasteiger partial charge in [0.2, 0.25) is 10.0 Å². The molecule has 0 aromatic heterocycles. The number of hydrogen-bond acceptors (Lipinski definition) is 4. The minimum Gasteiger partial charge on any atom is -0.444 e. The van der Waals surface area contributed by atoms with Crippen LogP contribution in [0.3, 0.4) is 0 Å². The quantitative estimate of drug-likeness (QED) is 0.812. The fourth-order valence-corrected chi connectivity index (χ4v) is 4.01. The maximum Gasteiger partial charge on any atom is 0.408 e. The van der Waals surface area contributed by atoms with Gasteiger partial charge in [-0.2, -0.15) is 4.31 Å². The molecule has 0 radical (unpaired) electrons. The molecule has 1 aliphatic heterocycles. The van der Waals surface area contributed by atoms with Crippen LogP contribution in [0.5, 0.6) is 0 Å². The van der Waals surface area contributed by atoms with Gasteiger partial charge in [0.1, 0.15) is 11.8 Å². The van der Waals surface area contributed by atoms with E-state index in [9.17, 15) is 17.6 Å². The summed E-state index contributed by atoms with van der Waals surface area (Å²) >= 11 is 3.24. The van der Waals surface area contributed by atoms with Crippen LogP contribution in [0.15, 0.2) is 33.6 Å². The molecule has 1 N–H and O–H groups in total. The molecule has 2 atom stereocenters. The second-order valence-electron chi connectivity index (χ2n) is 6.54. The Balaban J connectivity index is 2.07. The highest BCUT2D eigenvalue weighted by Gasteiger charge is 2.40. The van der Waals surface area contributed by atoms with Crippen molar-refractivity contribution < 1.29 is 22.3 Å². The molecule has 1 heterocycles. The average Bonchev–Trinajstić information content (AvgIpc) is 2.79. The summed E-state index contributed by atoms with van der Waals surface area (Å²) in [5, 5.41) is 2.40. The van der Waals surface area contributed by atoms with E-state index in [2.05, 4.69) is 21.2 Å². The summed E-state index contributed by atoms with van der Waals surface area (Å²) in [7, 11) is -3.81. The summed E-state index contributed by atoms with van der Waals surface area (Å²) in [6, 6.07) is 5.16. The molecule has 0 unspecified atom stereocenters. The molecule has 1 aliphatic rings. The van der Waals surface area contributed by atoms with Gasteiger partial charge in [-0.15, -0.1) is 0 Å². The maximum atomic E-state index is 14.2. The third kappa shape index (κ3) is 4.67. The van der Waals surface area contributed by atoms with Crippen molar-refractivity contribution in [2.24, 2.45) is 0 Å². The molecule has 0 bridgehead atoms. The van der Waals surface area contributed by atoms with Crippen LogP contribution in [-0.2, 0) is 14.8 Å². The van der Waals surface area contributed by atoms with Crippen molar-refractivity contribution in [1.29, 1.82) is 0 Å².